The molecule has 5 heteroatoms. The smallest absolute Gasteiger partial charge is 0.317 e. The van der Waals surface area contributed by atoms with Gasteiger partial charge in [-0.2, -0.15) is 5.10 Å². The van der Waals surface area contributed by atoms with E-state index in [1.165, 1.54) is 18.4 Å². The Morgan fingerprint density at radius 3 is 2.65 bits per heavy atom. The summed E-state index contributed by atoms with van der Waals surface area (Å²) in [6.45, 7) is 9.23. The van der Waals surface area contributed by atoms with Gasteiger partial charge in [0.05, 0.1) is 12.2 Å². The second kappa shape index (κ2) is 8.39. The normalized spacial score (nSPS) is 13.7. The molecular weight excluding hydrogens is 324 g/mol. The van der Waals surface area contributed by atoms with Crippen molar-refractivity contribution in [1.29, 1.82) is 0 Å². The summed E-state index contributed by atoms with van der Waals surface area (Å²) in [5.41, 5.74) is 4.46. The lowest BCUT2D eigenvalue weighted by atomic mass is 10.2. The highest BCUT2D eigenvalue weighted by atomic mass is 16.2. The van der Waals surface area contributed by atoms with E-state index < -0.39 is 0 Å². The van der Waals surface area contributed by atoms with E-state index in [1.807, 2.05) is 34.7 Å². The lowest BCUT2D eigenvalue weighted by Crippen LogP contribution is -2.41. The molecule has 26 heavy (non-hydrogen) atoms. The average Bonchev–Trinajstić information content (AvgIpc) is 3.41. The van der Waals surface area contributed by atoms with Crippen LogP contribution in [0, 0.1) is 19.8 Å². The first-order chi connectivity index (χ1) is 12.6. The van der Waals surface area contributed by atoms with E-state index in [-0.39, 0.29) is 6.03 Å². The van der Waals surface area contributed by atoms with Gasteiger partial charge in [-0.05, 0) is 44.6 Å². The molecule has 0 aliphatic heterocycles. The van der Waals surface area contributed by atoms with Gasteiger partial charge in [-0.3, -0.25) is 4.68 Å². The number of amides is 2. The summed E-state index contributed by atoms with van der Waals surface area (Å²) in [4.78, 5) is 14.5. The number of benzene rings is 1. The zero-order valence-electron chi connectivity index (χ0n) is 16.2. The second-order valence-corrected chi connectivity index (χ2v) is 7.34. The number of nitrogens with zero attached hydrogens (tertiary/aromatic N) is 3. The van der Waals surface area contributed by atoms with E-state index in [0.29, 0.717) is 12.5 Å². The van der Waals surface area contributed by atoms with E-state index in [0.717, 1.165) is 43.0 Å². The molecule has 0 saturated heterocycles. The highest BCUT2D eigenvalue weighted by Crippen LogP contribution is 2.29. The van der Waals surface area contributed by atoms with Crippen molar-refractivity contribution in [2.45, 2.75) is 53.1 Å². The quantitative estimate of drug-likeness (QED) is 0.782. The van der Waals surface area contributed by atoms with Crippen LogP contribution in [0.25, 0.3) is 0 Å². The first-order valence-electron chi connectivity index (χ1n) is 9.68. The van der Waals surface area contributed by atoms with Crippen molar-refractivity contribution in [3.05, 3.63) is 52.8 Å². The van der Waals surface area contributed by atoms with Crippen molar-refractivity contribution in [2.75, 3.05) is 13.1 Å². The molecule has 0 bridgehead atoms. The number of hydrogen-bond acceptors (Lipinski definition) is 2. The molecule has 1 saturated carbocycles. The molecule has 1 aliphatic rings. The summed E-state index contributed by atoms with van der Waals surface area (Å²) in [7, 11) is 0. The largest absolute Gasteiger partial charge is 0.334 e. The van der Waals surface area contributed by atoms with E-state index in [4.69, 9.17) is 0 Å². The lowest BCUT2D eigenvalue weighted by molar-refractivity contribution is 0.195. The maximum absolute atomic E-state index is 12.6. The van der Waals surface area contributed by atoms with Gasteiger partial charge in [0.1, 0.15) is 0 Å². The number of carbonyl (C=O) groups excluding carboxylic acids is 1. The Bertz CT molecular complexity index is 734. The number of nitrogens with one attached hydrogen (secondary N) is 1. The van der Waals surface area contributed by atoms with Crippen LogP contribution < -0.4 is 5.32 Å². The fraction of sp³-hybridized carbons (Fsp3) is 0.524. The third-order valence-electron chi connectivity index (χ3n) is 5.08. The highest BCUT2D eigenvalue weighted by Gasteiger charge is 2.26. The van der Waals surface area contributed by atoms with Gasteiger partial charge in [-0.15, -0.1) is 0 Å². The minimum Gasteiger partial charge on any atom is -0.334 e. The predicted octanol–water partition coefficient (Wildman–Crippen LogP) is 3.88. The lowest BCUT2D eigenvalue weighted by Gasteiger charge is -2.22. The van der Waals surface area contributed by atoms with Crippen LogP contribution >= 0.6 is 0 Å². The second-order valence-electron chi connectivity index (χ2n) is 7.34. The summed E-state index contributed by atoms with van der Waals surface area (Å²) >= 11 is 0. The van der Waals surface area contributed by atoms with Crippen LogP contribution in [0.4, 0.5) is 4.79 Å². The molecule has 1 fully saturated rings. The van der Waals surface area contributed by atoms with Crippen molar-refractivity contribution in [3.63, 3.8) is 0 Å². The fourth-order valence-electron chi connectivity index (χ4n) is 3.33. The van der Waals surface area contributed by atoms with Gasteiger partial charge in [-0.25, -0.2) is 4.79 Å². The standard InChI is InChI=1S/C21H30N4O/c1-4-12-24(14-19-10-11-19)21(26)22-13-20-16(2)23-25(17(20)3)15-18-8-6-5-7-9-18/h5-9,19H,4,10-15H2,1-3H3,(H,22,26). The third kappa shape index (κ3) is 4.65. The molecule has 3 rings (SSSR count). The molecule has 1 aliphatic carbocycles. The molecule has 1 aromatic carbocycles. The molecule has 0 radical (unpaired) electrons. The highest BCUT2D eigenvalue weighted by molar-refractivity contribution is 5.74. The zero-order valence-corrected chi connectivity index (χ0v) is 16.2. The van der Waals surface area contributed by atoms with Gasteiger partial charge in [0.25, 0.3) is 0 Å². The molecule has 0 atom stereocenters. The Kier molecular flexibility index (Phi) is 5.96. The Labute approximate surface area is 156 Å². The van der Waals surface area contributed by atoms with Gasteiger partial charge in [0.15, 0.2) is 0 Å². The first-order valence-corrected chi connectivity index (χ1v) is 9.68. The van der Waals surface area contributed by atoms with Gasteiger partial charge in [0.2, 0.25) is 0 Å². The molecule has 5 nitrogen and oxygen atoms in total. The molecule has 0 unspecified atom stereocenters. The number of aryl methyl sites for hydroxylation is 1. The number of carbonyl (C=O) groups is 1. The van der Waals surface area contributed by atoms with E-state index in [9.17, 15) is 4.79 Å². The molecule has 2 amide bonds. The van der Waals surface area contributed by atoms with Gasteiger partial charge in [-0.1, -0.05) is 37.3 Å². The molecule has 1 N–H and O–H groups in total. The van der Waals surface area contributed by atoms with Crippen molar-refractivity contribution in [3.8, 4) is 0 Å². The fourth-order valence-corrected chi connectivity index (χ4v) is 3.33. The minimum absolute atomic E-state index is 0.0494. The number of hydrogen-bond donors (Lipinski definition) is 1. The van der Waals surface area contributed by atoms with Gasteiger partial charge < -0.3 is 10.2 Å². The van der Waals surface area contributed by atoms with Crippen molar-refractivity contribution >= 4 is 6.03 Å². The van der Waals surface area contributed by atoms with E-state index >= 15 is 0 Å². The molecule has 1 heterocycles. The number of rotatable bonds is 8. The minimum atomic E-state index is 0.0494. The Morgan fingerprint density at radius 1 is 1.27 bits per heavy atom. The maximum atomic E-state index is 12.6. The summed E-state index contributed by atoms with van der Waals surface area (Å²) in [6.07, 6.45) is 3.52. The van der Waals surface area contributed by atoms with Gasteiger partial charge >= 0.3 is 6.03 Å². The summed E-state index contributed by atoms with van der Waals surface area (Å²) in [5.74, 6) is 0.712. The zero-order chi connectivity index (χ0) is 18.5. The Balaban J connectivity index is 1.62. The molecule has 140 valence electrons. The van der Waals surface area contributed by atoms with Crippen LogP contribution in [-0.4, -0.2) is 33.8 Å². The summed E-state index contributed by atoms with van der Waals surface area (Å²) in [5, 5.41) is 7.78. The van der Waals surface area contributed by atoms with Crippen LogP contribution in [-0.2, 0) is 13.1 Å². The third-order valence-corrected chi connectivity index (χ3v) is 5.08. The molecule has 1 aromatic heterocycles. The topological polar surface area (TPSA) is 50.2 Å². The van der Waals surface area contributed by atoms with Crippen LogP contribution in [0.5, 0.6) is 0 Å². The van der Waals surface area contributed by atoms with E-state index in [1.54, 1.807) is 0 Å². The number of aromatic nitrogens is 2. The SMILES string of the molecule is CCCN(CC1CC1)C(=O)NCc1c(C)nn(Cc2ccccc2)c1C. The van der Waals surface area contributed by atoms with Crippen LogP contribution in [0.15, 0.2) is 30.3 Å². The van der Waals surface area contributed by atoms with Crippen LogP contribution in [0.2, 0.25) is 0 Å². The van der Waals surface area contributed by atoms with Crippen LogP contribution in [0.1, 0.15) is 48.7 Å². The van der Waals surface area contributed by atoms with Crippen molar-refractivity contribution in [1.82, 2.24) is 20.0 Å². The average molecular weight is 354 g/mol. The molecule has 2 aromatic rings. The number of urea groups is 1. The van der Waals surface area contributed by atoms with Crippen LogP contribution in [0.3, 0.4) is 0 Å². The summed E-state index contributed by atoms with van der Waals surface area (Å²) in [6, 6.07) is 10.4. The monoisotopic (exact) mass is 354 g/mol. The Morgan fingerprint density at radius 2 is 2.00 bits per heavy atom. The van der Waals surface area contributed by atoms with Gasteiger partial charge in [0, 0.05) is 30.9 Å². The summed E-state index contributed by atoms with van der Waals surface area (Å²) < 4.78 is 2.03. The first kappa shape index (κ1) is 18.5. The predicted molar refractivity (Wildman–Crippen MR) is 104 cm³/mol. The Hall–Kier alpha value is -2.30. The molecular formula is C21H30N4O. The molecule has 0 spiro atoms. The maximum Gasteiger partial charge on any atom is 0.317 e. The van der Waals surface area contributed by atoms with Crippen molar-refractivity contribution < 1.29 is 4.79 Å². The van der Waals surface area contributed by atoms with E-state index in [2.05, 4.69) is 36.4 Å². The van der Waals surface area contributed by atoms with Crippen molar-refractivity contribution in [2.24, 2.45) is 5.92 Å².